The molecule has 1 unspecified atom stereocenters. The van der Waals surface area contributed by atoms with Crippen molar-refractivity contribution >= 4 is 17.5 Å². The Kier molecular flexibility index (Phi) is 5.30. The van der Waals surface area contributed by atoms with E-state index >= 15 is 0 Å². The van der Waals surface area contributed by atoms with Gasteiger partial charge in [0.2, 0.25) is 0 Å². The zero-order valence-corrected chi connectivity index (χ0v) is 14.8. The number of carbonyl (C=O) groups excluding carboxylic acids is 1. The molecule has 1 aromatic heterocycles. The van der Waals surface area contributed by atoms with Gasteiger partial charge in [-0.05, 0) is 38.0 Å². The van der Waals surface area contributed by atoms with Gasteiger partial charge in [-0.1, -0.05) is 30.9 Å². The van der Waals surface area contributed by atoms with E-state index in [2.05, 4.69) is 10.3 Å². The van der Waals surface area contributed by atoms with Gasteiger partial charge in [-0.25, -0.2) is 4.79 Å². The largest absolute Gasteiger partial charge is 0.373 e. The SMILES string of the molecule is Cc1cn(-c2ccc(Cl)c(C(=O)NC(O)C3CCCCC3)c2)c(=O)[nH]1. The van der Waals surface area contributed by atoms with E-state index in [4.69, 9.17) is 11.6 Å². The number of rotatable bonds is 4. The van der Waals surface area contributed by atoms with Crippen molar-refractivity contribution < 1.29 is 9.90 Å². The number of amides is 1. The molecule has 6 nitrogen and oxygen atoms in total. The molecule has 1 amide bonds. The Hall–Kier alpha value is -2.05. The average Bonchev–Trinajstić information content (AvgIpc) is 2.94. The molecule has 2 aromatic rings. The molecule has 0 saturated heterocycles. The molecule has 7 heteroatoms. The molecular formula is C18H22ClN3O3. The fraction of sp³-hybridized carbons (Fsp3) is 0.444. The molecule has 1 heterocycles. The second-order valence-electron chi connectivity index (χ2n) is 6.59. The van der Waals surface area contributed by atoms with Crippen LogP contribution >= 0.6 is 11.6 Å². The molecule has 3 rings (SSSR count). The normalized spacial score (nSPS) is 16.6. The summed E-state index contributed by atoms with van der Waals surface area (Å²) in [4.78, 5) is 27.1. The fourth-order valence-corrected chi connectivity index (χ4v) is 3.53. The van der Waals surface area contributed by atoms with Crippen molar-refractivity contribution in [2.75, 3.05) is 0 Å². The minimum absolute atomic E-state index is 0.0783. The number of aryl methyl sites for hydroxylation is 1. The number of nitrogens with one attached hydrogen (secondary N) is 2. The summed E-state index contributed by atoms with van der Waals surface area (Å²) < 4.78 is 1.42. The van der Waals surface area contributed by atoms with E-state index in [-0.39, 0.29) is 22.2 Å². The first-order valence-electron chi connectivity index (χ1n) is 8.53. The number of aromatic nitrogens is 2. The molecule has 1 aromatic carbocycles. The summed E-state index contributed by atoms with van der Waals surface area (Å²) in [6.45, 7) is 1.78. The maximum absolute atomic E-state index is 12.5. The van der Waals surface area contributed by atoms with Gasteiger partial charge in [0, 0.05) is 17.8 Å². The number of carbonyl (C=O) groups is 1. The number of benzene rings is 1. The van der Waals surface area contributed by atoms with Crippen molar-refractivity contribution in [1.82, 2.24) is 14.9 Å². The summed E-state index contributed by atoms with van der Waals surface area (Å²) in [5.41, 5.74) is 1.21. The molecule has 0 bridgehead atoms. The van der Waals surface area contributed by atoms with Crippen molar-refractivity contribution in [3.63, 3.8) is 0 Å². The lowest BCUT2D eigenvalue weighted by atomic mass is 9.88. The first-order chi connectivity index (χ1) is 12.0. The highest BCUT2D eigenvalue weighted by Gasteiger charge is 2.24. The predicted octanol–water partition coefficient (Wildman–Crippen LogP) is 2.76. The maximum Gasteiger partial charge on any atom is 0.330 e. The van der Waals surface area contributed by atoms with Crippen LogP contribution in [0.25, 0.3) is 5.69 Å². The second-order valence-corrected chi connectivity index (χ2v) is 7.00. The highest BCUT2D eigenvalue weighted by Crippen LogP contribution is 2.26. The van der Waals surface area contributed by atoms with Crippen LogP contribution in [-0.4, -0.2) is 26.8 Å². The standard InChI is InChI=1S/C18H22ClN3O3/c1-11-10-22(18(25)20-11)13-7-8-15(19)14(9-13)17(24)21-16(23)12-5-3-2-4-6-12/h7-10,12,16,23H,2-6H2,1H3,(H,20,25)(H,21,24). The summed E-state index contributed by atoms with van der Waals surface area (Å²) in [6.07, 6.45) is 5.91. The maximum atomic E-state index is 12.5. The summed E-state index contributed by atoms with van der Waals surface area (Å²) in [5.74, 6) is -0.361. The van der Waals surface area contributed by atoms with E-state index in [0.29, 0.717) is 5.69 Å². The van der Waals surface area contributed by atoms with Gasteiger partial charge in [0.1, 0.15) is 6.23 Å². The fourth-order valence-electron chi connectivity index (χ4n) is 3.32. The molecule has 25 heavy (non-hydrogen) atoms. The lowest BCUT2D eigenvalue weighted by Gasteiger charge is -2.27. The monoisotopic (exact) mass is 363 g/mol. The quantitative estimate of drug-likeness (QED) is 0.730. The van der Waals surface area contributed by atoms with Gasteiger partial charge < -0.3 is 15.4 Å². The van der Waals surface area contributed by atoms with E-state index in [0.717, 1.165) is 31.4 Å². The van der Waals surface area contributed by atoms with Crippen molar-refractivity contribution in [3.05, 3.63) is 51.2 Å². The van der Waals surface area contributed by atoms with Crippen LogP contribution in [-0.2, 0) is 0 Å². The van der Waals surface area contributed by atoms with Crippen LogP contribution in [0.4, 0.5) is 0 Å². The van der Waals surface area contributed by atoms with Crippen LogP contribution in [0.3, 0.4) is 0 Å². The van der Waals surface area contributed by atoms with Gasteiger partial charge in [0.15, 0.2) is 0 Å². The highest BCUT2D eigenvalue weighted by atomic mass is 35.5. The van der Waals surface area contributed by atoms with E-state index in [1.807, 2.05) is 0 Å². The van der Waals surface area contributed by atoms with Crippen LogP contribution in [0.15, 0.2) is 29.2 Å². The number of aromatic amines is 1. The van der Waals surface area contributed by atoms with Gasteiger partial charge in [-0.2, -0.15) is 0 Å². The van der Waals surface area contributed by atoms with E-state index in [9.17, 15) is 14.7 Å². The third-order valence-corrected chi connectivity index (χ3v) is 5.02. The van der Waals surface area contributed by atoms with Crippen LogP contribution in [0.2, 0.25) is 5.02 Å². The Morgan fingerprint density at radius 3 is 2.72 bits per heavy atom. The highest BCUT2D eigenvalue weighted by molar-refractivity contribution is 6.33. The molecule has 1 aliphatic rings. The van der Waals surface area contributed by atoms with Crippen molar-refractivity contribution in [3.8, 4) is 5.69 Å². The lowest BCUT2D eigenvalue weighted by Crippen LogP contribution is -2.41. The molecule has 1 saturated carbocycles. The Bertz CT molecular complexity index is 821. The molecular weight excluding hydrogens is 342 g/mol. The number of aliphatic hydroxyl groups excluding tert-OH is 1. The van der Waals surface area contributed by atoms with Gasteiger partial charge >= 0.3 is 5.69 Å². The van der Waals surface area contributed by atoms with Gasteiger partial charge in [-0.15, -0.1) is 0 Å². The molecule has 0 aliphatic heterocycles. The smallest absolute Gasteiger partial charge is 0.330 e. The van der Waals surface area contributed by atoms with Crippen LogP contribution in [0.5, 0.6) is 0 Å². The number of nitrogens with zero attached hydrogens (tertiary/aromatic N) is 1. The number of halogens is 1. The minimum Gasteiger partial charge on any atom is -0.373 e. The summed E-state index contributed by atoms with van der Waals surface area (Å²) in [5, 5.41) is 13.2. The summed E-state index contributed by atoms with van der Waals surface area (Å²) >= 11 is 6.16. The van der Waals surface area contributed by atoms with E-state index in [1.54, 1.807) is 31.3 Å². The summed E-state index contributed by atoms with van der Waals surface area (Å²) in [7, 11) is 0. The second kappa shape index (κ2) is 7.45. The van der Waals surface area contributed by atoms with E-state index in [1.165, 1.54) is 11.0 Å². The third kappa shape index (κ3) is 3.96. The van der Waals surface area contributed by atoms with Crippen LogP contribution in [0, 0.1) is 12.8 Å². The molecule has 1 aliphatic carbocycles. The first-order valence-corrected chi connectivity index (χ1v) is 8.90. The molecule has 134 valence electrons. The van der Waals surface area contributed by atoms with Crippen molar-refractivity contribution in [2.24, 2.45) is 5.92 Å². The molecule has 1 fully saturated rings. The number of hydrogen-bond donors (Lipinski definition) is 3. The van der Waals surface area contributed by atoms with Crippen molar-refractivity contribution in [2.45, 2.75) is 45.3 Å². The zero-order valence-electron chi connectivity index (χ0n) is 14.1. The third-order valence-electron chi connectivity index (χ3n) is 4.69. The number of H-pyrrole nitrogens is 1. The molecule has 1 atom stereocenters. The Labute approximate surface area is 150 Å². The number of hydrogen-bond acceptors (Lipinski definition) is 3. The topological polar surface area (TPSA) is 87.1 Å². The predicted molar refractivity (Wildman–Crippen MR) is 96.2 cm³/mol. The lowest BCUT2D eigenvalue weighted by molar-refractivity contribution is 0.0463. The van der Waals surface area contributed by atoms with Crippen LogP contribution in [0.1, 0.15) is 48.2 Å². The zero-order chi connectivity index (χ0) is 18.0. The van der Waals surface area contributed by atoms with Gasteiger partial charge in [-0.3, -0.25) is 9.36 Å². The Morgan fingerprint density at radius 2 is 2.08 bits per heavy atom. The average molecular weight is 364 g/mol. The molecule has 0 radical (unpaired) electrons. The molecule has 3 N–H and O–H groups in total. The number of aliphatic hydroxyl groups is 1. The number of imidazole rings is 1. The van der Waals surface area contributed by atoms with Gasteiger partial charge in [0.25, 0.3) is 5.91 Å². The minimum atomic E-state index is -0.884. The Balaban J connectivity index is 1.81. The van der Waals surface area contributed by atoms with Gasteiger partial charge in [0.05, 0.1) is 16.3 Å². The van der Waals surface area contributed by atoms with E-state index < -0.39 is 12.1 Å². The first kappa shape index (κ1) is 17.8. The molecule has 0 spiro atoms. The van der Waals surface area contributed by atoms with Crippen LogP contribution < -0.4 is 11.0 Å². The van der Waals surface area contributed by atoms with Crippen molar-refractivity contribution in [1.29, 1.82) is 0 Å². The Morgan fingerprint density at radius 1 is 1.36 bits per heavy atom. The summed E-state index contributed by atoms with van der Waals surface area (Å²) in [6, 6.07) is 4.80.